The summed E-state index contributed by atoms with van der Waals surface area (Å²) >= 11 is 0. The van der Waals surface area contributed by atoms with Crippen molar-refractivity contribution in [2.24, 2.45) is 5.41 Å². The van der Waals surface area contributed by atoms with Crippen LogP contribution >= 0.6 is 0 Å². The average molecular weight is 167 g/mol. The average Bonchev–Trinajstić information content (AvgIpc) is 2.39. The van der Waals surface area contributed by atoms with Gasteiger partial charge in [-0.3, -0.25) is 0 Å². The van der Waals surface area contributed by atoms with Gasteiger partial charge in [0.15, 0.2) is 0 Å². The van der Waals surface area contributed by atoms with Crippen LogP contribution < -0.4 is 5.32 Å². The zero-order valence-electron chi connectivity index (χ0n) is 8.61. The molecule has 0 spiro atoms. The molecule has 0 saturated heterocycles. The molecule has 2 bridgehead atoms. The molecule has 0 aromatic rings. The standard InChI is InChI=1S/C11H21N/c1-9(2)12-11-6-4-10(3,8-11)5-7-11/h9,12H,4-8H2,1-3H3. The Labute approximate surface area is 75.9 Å². The van der Waals surface area contributed by atoms with E-state index in [4.69, 9.17) is 0 Å². The van der Waals surface area contributed by atoms with Gasteiger partial charge in [-0.05, 0) is 37.5 Å². The van der Waals surface area contributed by atoms with Crippen molar-refractivity contribution in [2.45, 2.75) is 64.5 Å². The molecular weight excluding hydrogens is 146 g/mol. The Balaban J connectivity index is 2.05. The van der Waals surface area contributed by atoms with Crippen LogP contribution in [0.25, 0.3) is 0 Å². The molecule has 1 nitrogen and oxygen atoms in total. The fraction of sp³-hybridized carbons (Fsp3) is 1.00. The topological polar surface area (TPSA) is 12.0 Å². The van der Waals surface area contributed by atoms with Gasteiger partial charge < -0.3 is 5.32 Å². The van der Waals surface area contributed by atoms with Crippen LogP contribution in [0.5, 0.6) is 0 Å². The third-order valence-corrected chi connectivity index (χ3v) is 3.77. The van der Waals surface area contributed by atoms with Gasteiger partial charge in [0.25, 0.3) is 0 Å². The zero-order valence-corrected chi connectivity index (χ0v) is 8.61. The van der Waals surface area contributed by atoms with Crippen molar-refractivity contribution in [1.29, 1.82) is 0 Å². The minimum Gasteiger partial charge on any atom is -0.309 e. The van der Waals surface area contributed by atoms with Crippen LogP contribution in [-0.4, -0.2) is 11.6 Å². The van der Waals surface area contributed by atoms with E-state index in [1.165, 1.54) is 32.1 Å². The summed E-state index contributed by atoms with van der Waals surface area (Å²) in [7, 11) is 0. The molecule has 0 amide bonds. The summed E-state index contributed by atoms with van der Waals surface area (Å²) in [5, 5.41) is 3.77. The molecule has 0 radical (unpaired) electrons. The van der Waals surface area contributed by atoms with Gasteiger partial charge in [0.1, 0.15) is 0 Å². The van der Waals surface area contributed by atoms with Crippen molar-refractivity contribution in [3.05, 3.63) is 0 Å². The van der Waals surface area contributed by atoms with Crippen molar-refractivity contribution in [1.82, 2.24) is 5.32 Å². The number of fused-ring (bicyclic) bond motifs is 2. The second-order valence-corrected chi connectivity index (χ2v) is 5.57. The van der Waals surface area contributed by atoms with Crippen LogP contribution in [0.15, 0.2) is 0 Å². The molecule has 0 aromatic heterocycles. The predicted molar refractivity (Wildman–Crippen MR) is 52.2 cm³/mol. The van der Waals surface area contributed by atoms with E-state index in [-0.39, 0.29) is 0 Å². The van der Waals surface area contributed by atoms with Crippen LogP contribution in [-0.2, 0) is 0 Å². The van der Waals surface area contributed by atoms with Crippen LogP contribution in [0.3, 0.4) is 0 Å². The molecule has 70 valence electrons. The SMILES string of the molecule is CC(C)NC12CCC(C)(CC1)C2. The van der Waals surface area contributed by atoms with Crippen molar-refractivity contribution >= 4 is 0 Å². The van der Waals surface area contributed by atoms with Crippen LogP contribution in [0.2, 0.25) is 0 Å². The Morgan fingerprint density at radius 3 is 2.00 bits per heavy atom. The quantitative estimate of drug-likeness (QED) is 0.667. The predicted octanol–water partition coefficient (Wildman–Crippen LogP) is 2.71. The Morgan fingerprint density at radius 2 is 1.67 bits per heavy atom. The molecule has 2 rings (SSSR count). The lowest BCUT2D eigenvalue weighted by molar-refractivity contribution is 0.293. The van der Waals surface area contributed by atoms with Gasteiger partial charge in [-0.15, -0.1) is 0 Å². The monoisotopic (exact) mass is 167 g/mol. The van der Waals surface area contributed by atoms with Crippen LogP contribution in [0.1, 0.15) is 52.9 Å². The lowest BCUT2D eigenvalue weighted by atomic mass is 9.86. The molecule has 1 N–H and O–H groups in total. The van der Waals surface area contributed by atoms with E-state index in [0.717, 1.165) is 0 Å². The van der Waals surface area contributed by atoms with Crippen molar-refractivity contribution in [3.63, 3.8) is 0 Å². The maximum atomic E-state index is 3.77. The summed E-state index contributed by atoms with van der Waals surface area (Å²) < 4.78 is 0. The second kappa shape index (κ2) is 2.47. The fourth-order valence-corrected chi connectivity index (χ4v) is 3.31. The minimum absolute atomic E-state index is 0.545. The highest BCUT2D eigenvalue weighted by molar-refractivity contribution is 5.08. The maximum absolute atomic E-state index is 3.77. The first-order valence-corrected chi connectivity index (χ1v) is 5.31. The highest BCUT2D eigenvalue weighted by Gasteiger charge is 2.51. The van der Waals surface area contributed by atoms with Gasteiger partial charge in [0, 0.05) is 11.6 Å². The summed E-state index contributed by atoms with van der Waals surface area (Å²) in [6, 6.07) is 0.658. The molecule has 12 heavy (non-hydrogen) atoms. The van der Waals surface area contributed by atoms with E-state index >= 15 is 0 Å². The minimum atomic E-state index is 0.545. The van der Waals surface area contributed by atoms with Gasteiger partial charge in [0.2, 0.25) is 0 Å². The van der Waals surface area contributed by atoms with Gasteiger partial charge in [-0.1, -0.05) is 20.8 Å². The van der Waals surface area contributed by atoms with Gasteiger partial charge in [0.05, 0.1) is 0 Å². The molecule has 2 aliphatic rings. The first-order valence-electron chi connectivity index (χ1n) is 5.31. The number of hydrogen-bond donors (Lipinski definition) is 1. The Kier molecular flexibility index (Phi) is 1.76. The molecule has 0 aromatic carbocycles. The number of hydrogen-bond acceptors (Lipinski definition) is 1. The molecule has 1 heteroatoms. The van der Waals surface area contributed by atoms with Crippen LogP contribution in [0.4, 0.5) is 0 Å². The highest BCUT2D eigenvalue weighted by Crippen LogP contribution is 2.56. The molecule has 0 atom stereocenters. The maximum Gasteiger partial charge on any atom is 0.0189 e. The van der Waals surface area contributed by atoms with Gasteiger partial charge in [-0.2, -0.15) is 0 Å². The molecule has 0 heterocycles. The summed E-state index contributed by atoms with van der Waals surface area (Å²) in [6.45, 7) is 7.00. The lowest BCUT2D eigenvalue weighted by Crippen LogP contribution is -2.45. The van der Waals surface area contributed by atoms with E-state index in [1.807, 2.05) is 0 Å². The van der Waals surface area contributed by atoms with E-state index in [9.17, 15) is 0 Å². The Morgan fingerprint density at radius 1 is 1.08 bits per heavy atom. The fourth-order valence-electron chi connectivity index (χ4n) is 3.31. The number of nitrogens with one attached hydrogen (secondary N) is 1. The van der Waals surface area contributed by atoms with Crippen LogP contribution in [0, 0.1) is 5.41 Å². The normalized spacial score (nSPS) is 46.0. The summed E-state index contributed by atoms with van der Waals surface area (Å²) in [6.07, 6.45) is 7.17. The molecular formula is C11H21N. The molecule has 0 unspecified atom stereocenters. The summed E-state index contributed by atoms with van der Waals surface area (Å²) in [5.74, 6) is 0. The molecule has 2 aliphatic carbocycles. The number of rotatable bonds is 2. The summed E-state index contributed by atoms with van der Waals surface area (Å²) in [5.41, 5.74) is 1.24. The molecule has 0 aliphatic heterocycles. The van der Waals surface area contributed by atoms with E-state index in [0.29, 0.717) is 17.0 Å². The van der Waals surface area contributed by atoms with E-state index < -0.39 is 0 Å². The van der Waals surface area contributed by atoms with Crippen molar-refractivity contribution in [3.8, 4) is 0 Å². The van der Waals surface area contributed by atoms with Crippen molar-refractivity contribution < 1.29 is 0 Å². The first kappa shape index (κ1) is 8.55. The van der Waals surface area contributed by atoms with Crippen molar-refractivity contribution in [2.75, 3.05) is 0 Å². The summed E-state index contributed by atoms with van der Waals surface area (Å²) in [4.78, 5) is 0. The first-order chi connectivity index (χ1) is 5.54. The highest BCUT2D eigenvalue weighted by atomic mass is 15.0. The third-order valence-electron chi connectivity index (χ3n) is 3.77. The Hall–Kier alpha value is -0.0400. The smallest absolute Gasteiger partial charge is 0.0189 e. The zero-order chi connectivity index (χ0) is 8.82. The van der Waals surface area contributed by atoms with E-state index in [2.05, 4.69) is 26.1 Å². The second-order valence-electron chi connectivity index (χ2n) is 5.57. The van der Waals surface area contributed by atoms with Gasteiger partial charge in [-0.25, -0.2) is 0 Å². The third kappa shape index (κ3) is 1.28. The van der Waals surface area contributed by atoms with E-state index in [1.54, 1.807) is 0 Å². The Bertz CT molecular complexity index is 175. The van der Waals surface area contributed by atoms with Gasteiger partial charge >= 0.3 is 0 Å². The largest absolute Gasteiger partial charge is 0.309 e. The molecule has 2 saturated carbocycles. The lowest BCUT2D eigenvalue weighted by Gasteiger charge is -2.30. The molecule has 2 fully saturated rings.